The van der Waals surface area contributed by atoms with Gasteiger partial charge in [0.25, 0.3) is 5.91 Å². The molecule has 29 heavy (non-hydrogen) atoms. The van der Waals surface area contributed by atoms with Crippen LogP contribution in [0.1, 0.15) is 37.6 Å². The lowest BCUT2D eigenvalue weighted by Gasteiger charge is -2.17. The van der Waals surface area contributed by atoms with E-state index in [1.807, 2.05) is 20.8 Å². The van der Waals surface area contributed by atoms with E-state index in [9.17, 15) is 14.4 Å². The fourth-order valence-corrected chi connectivity index (χ4v) is 2.36. The summed E-state index contributed by atoms with van der Waals surface area (Å²) in [6.45, 7) is 5.71. The van der Waals surface area contributed by atoms with Gasteiger partial charge in [0, 0.05) is 35.3 Å². The summed E-state index contributed by atoms with van der Waals surface area (Å²) in [7, 11) is 1.58. The molecule has 3 N–H and O–H groups in total. The van der Waals surface area contributed by atoms with Gasteiger partial charge in [-0.1, -0.05) is 20.8 Å². The second-order valence-corrected chi connectivity index (χ2v) is 7.56. The molecule has 3 amide bonds. The topological polar surface area (TPSA) is 96.5 Å². The van der Waals surface area contributed by atoms with Crippen LogP contribution in [0.3, 0.4) is 0 Å². The molecule has 0 spiro atoms. The first-order valence-electron chi connectivity index (χ1n) is 9.32. The molecule has 7 nitrogen and oxygen atoms in total. The van der Waals surface area contributed by atoms with Gasteiger partial charge in [-0.25, -0.2) is 0 Å². The number of carbonyl (C=O) groups excluding carboxylic acids is 3. The standard InChI is InChI=1S/C22H27N3O4/c1-22(2,3)21(28)23-14-13-19(26)24-16-7-5-15(6-8-16)20(27)25-17-9-11-18(29-4)12-10-17/h5-12H,13-14H2,1-4H3,(H,23,28)(H,24,26)(H,25,27). The molecule has 0 heterocycles. The van der Waals surface area contributed by atoms with E-state index in [0.717, 1.165) is 0 Å². The smallest absolute Gasteiger partial charge is 0.255 e. The predicted molar refractivity (Wildman–Crippen MR) is 113 cm³/mol. The minimum Gasteiger partial charge on any atom is -0.497 e. The Morgan fingerprint density at radius 1 is 0.862 bits per heavy atom. The Morgan fingerprint density at radius 2 is 1.41 bits per heavy atom. The summed E-state index contributed by atoms with van der Waals surface area (Å²) < 4.78 is 5.09. The number of nitrogens with one attached hydrogen (secondary N) is 3. The lowest BCUT2D eigenvalue weighted by Crippen LogP contribution is -2.36. The van der Waals surface area contributed by atoms with Gasteiger partial charge in [0.1, 0.15) is 5.75 Å². The molecule has 0 aromatic heterocycles. The molecule has 0 unspecified atom stereocenters. The van der Waals surface area contributed by atoms with Gasteiger partial charge in [-0.15, -0.1) is 0 Å². The van der Waals surface area contributed by atoms with Crippen molar-refractivity contribution in [3.8, 4) is 5.75 Å². The van der Waals surface area contributed by atoms with Crippen molar-refractivity contribution in [2.45, 2.75) is 27.2 Å². The van der Waals surface area contributed by atoms with Gasteiger partial charge in [-0.3, -0.25) is 14.4 Å². The Hall–Kier alpha value is -3.35. The third-order valence-electron chi connectivity index (χ3n) is 4.10. The summed E-state index contributed by atoms with van der Waals surface area (Å²) in [6, 6.07) is 13.6. The second-order valence-electron chi connectivity index (χ2n) is 7.56. The fraction of sp³-hybridized carbons (Fsp3) is 0.318. The highest BCUT2D eigenvalue weighted by Crippen LogP contribution is 2.17. The zero-order valence-corrected chi connectivity index (χ0v) is 17.2. The molecule has 0 aliphatic rings. The Kier molecular flexibility index (Phi) is 7.36. The van der Waals surface area contributed by atoms with Crippen LogP contribution in [0.2, 0.25) is 0 Å². The first-order valence-corrected chi connectivity index (χ1v) is 9.32. The van der Waals surface area contributed by atoms with E-state index >= 15 is 0 Å². The second kappa shape index (κ2) is 9.73. The lowest BCUT2D eigenvalue weighted by atomic mass is 9.96. The molecule has 0 saturated heterocycles. The van der Waals surface area contributed by atoms with Crippen LogP contribution in [0.5, 0.6) is 5.75 Å². The maximum atomic E-state index is 12.3. The van der Waals surface area contributed by atoms with Crippen LogP contribution in [0.15, 0.2) is 48.5 Å². The van der Waals surface area contributed by atoms with Gasteiger partial charge in [0.05, 0.1) is 7.11 Å². The maximum Gasteiger partial charge on any atom is 0.255 e. The number of benzene rings is 2. The molecule has 2 aromatic carbocycles. The number of anilines is 2. The first kappa shape index (κ1) is 21.9. The quantitative estimate of drug-likeness (QED) is 0.667. The summed E-state index contributed by atoms with van der Waals surface area (Å²) in [5, 5.41) is 8.28. The summed E-state index contributed by atoms with van der Waals surface area (Å²) in [5.41, 5.74) is 1.22. The first-order chi connectivity index (χ1) is 13.7. The SMILES string of the molecule is COc1ccc(NC(=O)c2ccc(NC(=O)CCNC(=O)C(C)(C)C)cc2)cc1. The summed E-state index contributed by atoms with van der Waals surface area (Å²) in [5.74, 6) is 0.145. The minimum atomic E-state index is -0.487. The monoisotopic (exact) mass is 397 g/mol. The lowest BCUT2D eigenvalue weighted by molar-refractivity contribution is -0.128. The van der Waals surface area contributed by atoms with Gasteiger partial charge in [-0.05, 0) is 48.5 Å². The van der Waals surface area contributed by atoms with E-state index < -0.39 is 5.41 Å². The third-order valence-corrected chi connectivity index (χ3v) is 4.10. The number of rotatable bonds is 7. The van der Waals surface area contributed by atoms with Gasteiger partial charge in [-0.2, -0.15) is 0 Å². The molecular weight excluding hydrogens is 370 g/mol. The van der Waals surface area contributed by atoms with Crippen LogP contribution in [-0.4, -0.2) is 31.4 Å². The molecular formula is C22H27N3O4. The van der Waals surface area contributed by atoms with Crippen LogP contribution in [0.25, 0.3) is 0 Å². The van der Waals surface area contributed by atoms with Gasteiger partial charge in [0.2, 0.25) is 11.8 Å². The summed E-state index contributed by atoms with van der Waals surface area (Å²) in [4.78, 5) is 36.1. The van der Waals surface area contributed by atoms with Crippen molar-refractivity contribution in [3.05, 3.63) is 54.1 Å². The zero-order valence-electron chi connectivity index (χ0n) is 17.2. The van der Waals surface area contributed by atoms with E-state index in [2.05, 4.69) is 16.0 Å². The van der Waals surface area contributed by atoms with Crippen LogP contribution >= 0.6 is 0 Å². The fourth-order valence-electron chi connectivity index (χ4n) is 2.36. The van der Waals surface area contributed by atoms with Gasteiger partial charge >= 0.3 is 0 Å². The highest BCUT2D eigenvalue weighted by atomic mass is 16.5. The van der Waals surface area contributed by atoms with Gasteiger partial charge < -0.3 is 20.7 Å². The average Bonchev–Trinajstić information content (AvgIpc) is 2.68. The minimum absolute atomic E-state index is 0.0995. The van der Waals surface area contributed by atoms with Crippen molar-refractivity contribution in [2.24, 2.45) is 5.41 Å². The number of methoxy groups -OCH3 is 1. The molecule has 0 aliphatic carbocycles. The van der Waals surface area contributed by atoms with E-state index in [-0.39, 0.29) is 30.7 Å². The maximum absolute atomic E-state index is 12.3. The number of hydrogen-bond acceptors (Lipinski definition) is 4. The van der Waals surface area contributed by atoms with Crippen LogP contribution in [-0.2, 0) is 9.59 Å². The number of ether oxygens (including phenoxy) is 1. The normalized spacial score (nSPS) is 10.8. The highest BCUT2D eigenvalue weighted by Gasteiger charge is 2.20. The number of carbonyl (C=O) groups is 3. The Labute approximate surface area is 170 Å². The molecule has 0 radical (unpaired) electrons. The molecule has 0 aliphatic heterocycles. The number of hydrogen-bond donors (Lipinski definition) is 3. The Bertz CT molecular complexity index is 853. The van der Waals surface area contributed by atoms with Crippen molar-refractivity contribution in [1.82, 2.24) is 5.32 Å². The van der Waals surface area contributed by atoms with Crippen molar-refractivity contribution in [3.63, 3.8) is 0 Å². The van der Waals surface area contributed by atoms with Crippen LogP contribution in [0.4, 0.5) is 11.4 Å². The largest absolute Gasteiger partial charge is 0.497 e. The molecule has 2 aromatic rings. The molecule has 0 atom stereocenters. The van der Waals surface area contributed by atoms with Crippen molar-refractivity contribution in [2.75, 3.05) is 24.3 Å². The molecule has 154 valence electrons. The Balaban J connectivity index is 1.83. The summed E-state index contributed by atoms with van der Waals surface area (Å²) in [6.07, 6.45) is 0.168. The molecule has 0 saturated carbocycles. The van der Waals surface area contributed by atoms with E-state index in [1.54, 1.807) is 55.6 Å². The van der Waals surface area contributed by atoms with E-state index in [4.69, 9.17) is 4.74 Å². The van der Waals surface area contributed by atoms with Crippen molar-refractivity contribution in [1.29, 1.82) is 0 Å². The highest BCUT2D eigenvalue weighted by molar-refractivity contribution is 6.04. The van der Waals surface area contributed by atoms with Crippen LogP contribution < -0.4 is 20.7 Å². The van der Waals surface area contributed by atoms with E-state index in [1.165, 1.54) is 0 Å². The molecule has 7 heteroatoms. The average molecular weight is 397 g/mol. The Morgan fingerprint density at radius 3 is 1.97 bits per heavy atom. The van der Waals surface area contributed by atoms with E-state index in [0.29, 0.717) is 22.7 Å². The molecule has 0 fully saturated rings. The third kappa shape index (κ3) is 6.95. The zero-order chi connectivity index (χ0) is 21.4. The summed E-state index contributed by atoms with van der Waals surface area (Å²) >= 11 is 0. The number of amides is 3. The van der Waals surface area contributed by atoms with Crippen molar-refractivity contribution < 1.29 is 19.1 Å². The predicted octanol–water partition coefficient (Wildman–Crippen LogP) is 3.44. The molecule has 2 rings (SSSR count). The van der Waals surface area contributed by atoms with Crippen molar-refractivity contribution >= 4 is 29.1 Å². The molecule has 0 bridgehead atoms. The van der Waals surface area contributed by atoms with Gasteiger partial charge in [0.15, 0.2) is 0 Å². The van der Waals surface area contributed by atoms with Crippen LogP contribution in [0, 0.1) is 5.41 Å².